The third-order valence-electron chi connectivity index (χ3n) is 10.9. The van der Waals surface area contributed by atoms with E-state index in [1.54, 1.807) is 0 Å². The normalized spacial score (nSPS) is 14.4. The molecule has 258 valence electrons. The van der Waals surface area contributed by atoms with Gasteiger partial charge in [0, 0.05) is 27.5 Å². The fraction of sp³-hybridized carbons (Fsp3) is 0.0196. The molecule has 1 atom stereocenters. The van der Waals surface area contributed by atoms with Crippen LogP contribution in [0.4, 0.5) is 0 Å². The van der Waals surface area contributed by atoms with Crippen molar-refractivity contribution >= 4 is 65.9 Å². The minimum Gasteiger partial charge on any atom is -0.455 e. The van der Waals surface area contributed by atoms with Gasteiger partial charge in [0.2, 0.25) is 0 Å². The summed E-state index contributed by atoms with van der Waals surface area (Å²) in [6.45, 7) is 0. The molecule has 9 aromatic carbocycles. The van der Waals surface area contributed by atoms with Crippen molar-refractivity contribution in [2.75, 3.05) is 0 Å². The SMILES string of the molecule is c1ccc(-c2ccc(-c3ccc(C4=NC(c5ccc6ccccc6c5)NC(c5ccc6ccc7ccccc7c6c5)=N4)c4c3oc3ccccc34)cc2)cc1. The molecule has 1 aromatic heterocycles. The molecular weight excluding hydrogens is 671 g/mol. The third-order valence-corrected chi connectivity index (χ3v) is 10.9. The molecule has 1 aliphatic rings. The highest BCUT2D eigenvalue weighted by molar-refractivity contribution is 6.24. The fourth-order valence-corrected chi connectivity index (χ4v) is 8.13. The molecule has 0 saturated carbocycles. The van der Waals surface area contributed by atoms with E-state index in [2.05, 4.69) is 175 Å². The predicted octanol–water partition coefficient (Wildman–Crippen LogP) is 12.9. The quantitative estimate of drug-likeness (QED) is 0.181. The summed E-state index contributed by atoms with van der Waals surface area (Å²) in [7, 11) is 0. The van der Waals surface area contributed by atoms with Crippen LogP contribution in [-0.4, -0.2) is 11.7 Å². The van der Waals surface area contributed by atoms with Crippen LogP contribution in [0.15, 0.2) is 202 Å². The van der Waals surface area contributed by atoms with Gasteiger partial charge < -0.3 is 9.73 Å². The molecule has 1 aliphatic heterocycles. The first-order valence-electron chi connectivity index (χ1n) is 18.7. The zero-order valence-corrected chi connectivity index (χ0v) is 29.8. The molecule has 4 nitrogen and oxygen atoms in total. The molecular formula is C51H33N3O. The van der Waals surface area contributed by atoms with E-state index in [0.717, 1.165) is 55.6 Å². The summed E-state index contributed by atoms with van der Waals surface area (Å²) < 4.78 is 6.73. The topological polar surface area (TPSA) is 49.9 Å². The number of aliphatic imine (C=N–C) groups is 2. The van der Waals surface area contributed by atoms with Crippen LogP contribution in [-0.2, 0) is 0 Å². The first-order chi connectivity index (χ1) is 27.2. The van der Waals surface area contributed by atoms with Crippen molar-refractivity contribution in [3.63, 3.8) is 0 Å². The summed E-state index contributed by atoms with van der Waals surface area (Å²) in [6.07, 6.45) is -0.367. The number of nitrogens with zero attached hydrogens (tertiary/aromatic N) is 2. The van der Waals surface area contributed by atoms with Gasteiger partial charge in [0.1, 0.15) is 23.2 Å². The van der Waals surface area contributed by atoms with Crippen molar-refractivity contribution in [3.05, 3.63) is 205 Å². The molecule has 1 N–H and O–H groups in total. The van der Waals surface area contributed by atoms with E-state index in [-0.39, 0.29) is 6.17 Å². The molecule has 11 rings (SSSR count). The largest absolute Gasteiger partial charge is 0.455 e. The second-order valence-electron chi connectivity index (χ2n) is 14.2. The molecule has 10 aromatic rings. The fourth-order valence-electron chi connectivity index (χ4n) is 8.13. The Morgan fingerprint density at radius 2 is 1.05 bits per heavy atom. The van der Waals surface area contributed by atoms with Gasteiger partial charge in [0.25, 0.3) is 0 Å². The predicted molar refractivity (Wildman–Crippen MR) is 229 cm³/mol. The van der Waals surface area contributed by atoms with Gasteiger partial charge in [-0.25, -0.2) is 9.98 Å². The summed E-state index contributed by atoms with van der Waals surface area (Å²) in [4.78, 5) is 10.7. The van der Waals surface area contributed by atoms with Gasteiger partial charge in [-0.2, -0.15) is 0 Å². The highest BCUT2D eigenvalue weighted by atomic mass is 16.3. The lowest BCUT2D eigenvalue weighted by molar-refractivity contribution is 0.669. The van der Waals surface area contributed by atoms with Crippen molar-refractivity contribution in [2.45, 2.75) is 6.17 Å². The molecule has 0 saturated heterocycles. The van der Waals surface area contributed by atoms with Crippen molar-refractivity contribution in [3.8, 4) is 22.3 Å². The second-order valence-corrected chi connectivity index (χ2v) is 14.2. The number of hydrogen-bond donors (Lipinski definition) is 1. The Balaban J connectivity index is 1.10. The third kappa shape index (κ3) is 5.38. The van der Waals surface area contributed by atoms with Gasteiger partial charge in [0.05, 0.1) is 0 Å². The minimum absolute atomic E-state index is 0.367. The molecule has 0 spiro atoms. The van der Waals surface area contributed by atoms with Crippen LogP contribution in [0.1, 0.15) is 22.9 Å². The van der Waals surface area contributed by atoms with Crippen LogP contribution < -0.4 is 5.32 Å². The smallest absolute Gasteiger partial charge is 0.160 e. The zero-order valence-electron chi connectivity index (χ0n) is 29.8. The van der Waals surface area contributed by atoms with E-state index in [1.807, 2.05) is 18.2 Å². The summed E-state index contributed by atoms with van der Waals surface area (Å²) in [5.74, 6) is 1.44. The molecule has 0 fully saturated rings. The summed E-state index contributed by atoms with van der Waals surface area (Å²) in [6, 6.07) is 66.4. The number of amidine groups is 2. The van der Waals surface area contributed by atoms with Gasteiger partial charge in [0.15, 0.2) is 5.84 Å². The van der Waals surface area contributed by atoms with Crippen molar-refractivity contribution in [1.82, 2.24) is 5.32 Å². The van der Waals surface area contributed by atoms with E-state index in [4.69, 9.17) is 14.4 Å². The Kier molecular flexibility index (Phi) is 7.20. The Morgan fingerprint density at radius 1 is 0.436 bits per heavy atom. The molecule has 4 heteroatoms. The number of fused-ring (bicyclic) bond motifs is 7. The van der Waals surface area contributed by atoms with Gasteiger partial charge >= 0.3 is 0 Å². The Bertz CT molecular complexity index is 3170. The molecule has 0 bridgehead atoms. The standard InChI is InChI=1S/C51H33N3O/c1-2-10-32(11-3-1)34-18-21-36(22-19-34)42-28-29-44(47-43-16-8-9-17-46(43)55-48(42)47)51-53-49(39-26-20-33-12-4-5-14-38(33)30-39)52-50(54-51)40-27-25-37-24-23-35-13-6-7-15-41(35)45(37)31-40/h1-31,49H,(H,52,53,54). The molecule has 55 heavy (non-hydrogen) atoms. The number of rotatable bonds is 5. The van der Waals surface area contributed by atoms with E-state index in [1.165, 1.54) is 43.4 Å². The Hall–Kier alpha value is -7.30. The van der Waals surface area contributed by atoms with Crippen molar-refractivity contribution in [2.24, 2.45) is 9.98 Å². The van der Waals surface area contributed by atoms with Gasteiger partial charge in [-0.05, 0) is 84.9 Å². The first kappa shape index (κ1) is 31.2. The van der Waals surface area contributed by atoms with Gasteiger partial charge in [-0.15, -0.1) is 0 Å². The second kappa shape index (κ2) is 12.7. The van der Waals surface area contributed by atoms with Crippen LogP contribution in [0.5, 0.6) is 0 Å². The van der Waals surface area contributed by atoms with Crippen molar-refractivity contribution in [1.29, 1.82) is 0 Å². The lowest BCUT2D eigenvalue weighted by Crippen LogP contribution is -2.33. The monoisotopic (exact) mass is 703 g/mol. The van der Waals surface area contributed by atoms with Crippen LogP contribution in [0.3, 0.4) is 0 Å². The van der Waals surface area contributed by atoms with Crippen LogP contribution in [0, 0.1) is 0 Å². The summed E-state index contributed by atoms with van der Waals surface area (Å²) >= 11 is 0. The summed E-state index contributed by atoms with van der Waals surface area (Å²) in [5.41, 5.74) is 9.14. The maximum atomic E-state index is 6.73. The van der Waals surface area contributed by atoms with Gasteiger partial charge in [-0.1, -0.05) is 158 Å². The number of nitrogens with one attached hydrogen (secondary N) is 1. The number of hydrogen-bond acceptors (Lipinski definition) is 4. The molecule has 0 radical (unpaired) electrons. The van der Waals surface area contributed by atoms with E-state index < -0.39 is 0 Å². The van der Waals surface area contributed by atoms with Crippen molar-refractivity contribution < 1.29 is 4.42 Å². The van der Waals surface area contributed by atoms with Crippen LogP contribution in [0.25, 0.3) is 76.5 Å². The lowest BCUT2D eigenvalue weighted by atomic mass is 9.96. The first-order valence-corrected chi connectivity index (χ1v) is 18.7. The average molecular weight is 704 g/mol. The maximum absolute atomic E-state index is 6.73. The highest BCUT2D eigenvalue weighted by Crippen LogP contribution is 2.40. The Labute approximate surface area is 317 Å². The van der Waals surface area contributed by atoms with E-state index in [0.29, 0.717) is 5.84 Å². The summed E-state index contributed by atoms with van der Waals surface area (Å²) in [5, 5.41) is 13.0. The van der Waals surface area contributed by atoms with Crippen LogP contribution in [0.2, 0.25) is 0 Å². The zero-order chi connectivity index (χ0) is 36.3. The lowest BCUT2D eigenvalue weighted by Gasteiger charge is -2.24. The number of benzene rings is 9. The van der Waals surface area contributed by atoms with Gasteiger partial charge in [-0.3, -0.25) is 0 Å². The molecule has 2 heterocycles. The molecule has 0 aliphatic carbocycles. The van der Waals surface area contributed by atoms with E-state index in [9.17, 15) is 0 Å². The average Bonchev–Trinajstić information content (AvgIpc) is 3.66. The van der Waals surface area contributed by atoms with E-state index >= 15 is 0 Å². The minimum atomic E-state index is -0.367. The number of furan rings is 1. The molecule has 1 unspecified atom stereocenters. The number of para-hydroxylation sites is 1. The maximum Gasteiger partial charge on any atom is 0.160 e. The van der Waals surface area contributed by atoms with Crippen LogP contribution >= 0.6 is 0 Å². The Morgan fingerprint density at radius 3 is 1.91 bits per heavy atom. The molecule has 0 amide bonds. The highest BCUT2D eigenvalue weighted by Gasteiger charge is 2.25.